The van der Waals surface area contributed by atoms with Crippen molar-refractivity contribution in [1.29, 1.82) is 0 Å². The Balaban J connectivity index is 2.25. The van der Waals surface area contributed by atoms with Crippen LogP contribution in [0, 0.1) is 0 Å². The molecule has 0 unspecified atom stereocenters. The topological polar surface area (TPSA) is 81.7 Å². The van der Waals surface area contributed by atoms with E-state index >= 15 is 0 Å². The second-order valence-electron chi connectivity index (χ2n) is 3.50. The number of benzene rings is 1. The third-order valence-electron chi connectivity index (χ3n) is 2.01. The maximum atomic E-state index is 11.3. The van der Waals surface area contributed by atoms with E-state index < -0.39 is 18.4 Å². The van der Waals surface area contributed by atoms with Crippen molar-refractivity contribution in [2.75, 3.05) is 13.2 Å². The molecule has 0 spiro atoms. The summed E-state index contributed by atoms with van der Waals surface area (Å²) in [5, 5.41) is 0. The summed E-state index contributed by atoms with van der Waals surface area (Å²) >= 11 is 1.65. The minimum absolute atomic E-state index is 0.0274. The largest absolute Gasteiger partial charge is 0.455 e. The SMILES string of the molecule is O=C(COCC(=O)C(=O)OCc1ccccc1)NI. The van der Waals surface area contributed by atoms with Crippen LogP contribution < -0.4 is 3.53 Å². The van der Waals surface area contributed by atoms with Crippen molar-refractivity contribution in [3.05, 3.63) is 35.9 Å². The third kappa shape index (κ3) is 6.30. The normalized spacial score (nSPS) is 9.74. The van der Waals surface area contributed by atoms with Crippen LogP contribution in [0.15, 0.2) is 30.3 Å². The van der Waals surface area contributed by atoms with Crippen LogP contribution in [0.4, 0.5) is 0 Å². The molecular formula is C12H12INO5. The molecule has 102 valence electrons. The van der Waals surface area contributed by atoms with E-state index in [1.807, 2.05) is 6.07 Å². The first kappa shape index (κ1) is 15.6. The van der Waals surface area contributed by atoms with Crippen LogP contribution in [-0.2, 0) is 30.5 Å². The molecule has 1 aromatic rings. The highest BCUT2D eigenvalue weighted by Crippen LogP contribution is 2.00. The van der Waals surface area contributed by atoms with E-state index in [9.17, 15) is 14.4 Å². The van der Waals surface area contributed by atoms with Crippen molar-refractivity contribution in [3.8, 4) is 0 Å². The Morgan fingerprint density at radius 2 is 1.79 bits per heavy atom. The first-order valence-corrected chi connectivity index (χ1v) is 6.42. The zero-order chi connectivity index (χ0) is 14.1. The Kier molecular flexibility index (Phi) is 7.04. The zero-order valence-electron chi connectivity index (χ0n) is 9.93. The smallest absolute Gasteiger partial charge is 0.377 e. The predicted octanol–water partition coefficient (Wildman–Crippen LogP) is 0.782. The zero-order valence-corrected chi connectivity index (χ0v) is 12.1. The molecule has 1 amide bonds. The minimum Gasteiger partial charge on any atom is -0.455 e. The van der Waals surface area contributed by atoms with Gasteiger partial charge in [-0.1, -0.05) is 30.3 Å². The summed E-state index contributed by atoms with van der Waals surface area (Å²) in [6.07, 6.45) is 0. The standard InChI is InChI=1S/C12H12INO5/c13-14-11(16)8-18-7-10(15)12(17)19-6-9-4-2-1-3-5-9/h1-5H,6-8H2,(H,14,16). The summed E-state index contributed by atoms with van der Waals surface area (Å²) < 4.78 is 11.9. The average molecular weight is 377 g/mol. The summed E-state index contributed by atoms with van der Waals surface area (Å²) in [5.41, 5.74) is 0.786. The molecular weight excluding hydrogens is 365 g/mol. The second-order valence-corrected chi connectivity index (χ2v) is 4.03. The van der Waals surface area contributed by atoms with Crippen molar-refractivity contribution >= 4 is 40.5 Å². The van der Waals surface area contributed by atoms with Gasteiger partial charge in [-0.05, 0) is 5.56 Å². The number of amides is 1. The lowest BCUT2D eigenvalue weighted by Crippen LogP contribution is -2.26. The van der Waals surface area contributed by atoms with E-state index in [1.54, 1.807) is 47.1 Å². The van der Waals surface area contributed by atoms with Gasteiger partial charge in [-0.3, -0.25) is 13.1 Å². The van der Waals surface area contributed by atoms with Gasteiger partial charge in [-0.2, -0.15) is 0 Å². The van der Waals surface area contributed by atoms with Gasteiger partial charge in [0, 0.05) is 0 Å². The summed E-state index contributed by atoms with van der Waals surface area (Å²) in [6.45, 7) is -0.724. The van der Waals surface area contributed by atoms with E-state index in [0.29, 0.717) is 0 Å². The Bertz CT molecular complexity index is 449. The van der Waals surface area contributed by atoms with Gasteiger partial charge in [-0.25, -0.2) is 4.79 Å². The number of halogens is 1. The Morgan fingerprint density at radius 3 is 2.42 bits per heavy atom. The summed E-state index contributed by atoms with van der Waals surface area (Å²) in [4.78, 5) is 33.4. The number of ketones is 1. The molecule has 0 saturated heterocycles. The lowest BCUT2D eigenvalue weighted by Gasteiger charge is -2.04. The van der Waals surface area contributed by atoms with Crippen molar-refractivity contribution < 1.29 is 23.9 Å². The molecule has 1 N–H and O–H groups in total. The molecule has 0 aromatic heterocycles. The van der Waals surface area contributed by atoms with Crippen molar-refractivity contribution in [2.45, 2.75) is 6.61 Å². The quantitative estimate of drug-likeness (QED) is 0.329. The van der Waals surface area contributed by atoms with E-state index in [1.165, 1.54) is 0 Å². The fraction of sp³-hybridized carbons (Fsp3) is 0.250. The van der Waals surface area contributed by atoms with Gasteiger partial charge in [-0.15, -0.1) is 0 Å². The van der Waals surface area contributed by atoms with E-state index in [0.717, 1.165) is 5.56 Å². The Morgan fingerprint density at radius 1 is 1.11 bits per heavy atom. The fourth-order valence-electron chi connectivity index (χ4n) is 1.13. The number of nitrogens with one attached hydrogen (secondary N) is 1. The maximum absolute atomic E-state index is 11.3. The molecule has 7 heteroatoms. The summed E-state index contributed by atoms with van der Waals surface area (Å²) in [6, 6.07) is 8.99. The highest BCUT2D eigenvalue weighted by molar-refractivity contribution is 14.1. The van der Waals surface area contributed by atoms with Crippen LogP contribution in [0.3, 0.4) is 0 Å². The van der Waals surface area contributed by atoms with Crippen molar-refractivity contribution in [3.63, 3.8) is 0 Å². The van der Waals surface area contributed by atoms with Gasteiger partial charge in [0.25, 0.3) is 11.7 Å². The van der Waals surface area contributed by atoms with Crippen LogP contribution in [0.5, 0.6) is 0 Å². The highest BCUT2D eigenvalue weighted by atomic mass is 127. The third-order valence-corrected chi connectivity index (χ3v) is 2.61. The molecule has 0 atom stereocenters. The number of esters is 1. The predicted molar refractivity (Wildman–Crippen MR) is 74.2 cm³/mol. The Labute approximate surface area is 124 Å². The van der Waals surface area contributed by atoms with E-state index in [-0.39, 0.29) is 19.1 Å². The maximum Gasteiger partial charge on any atom is 0.377 e. The molecule has 0 aliphatic rings. The molecule has 6 nitrogen and oxygen atoms in total. The van der Waals surface area contributed by atoms with Crippen LogP contribution >= 0.6 is 22.9 Å². The summed E-state index contributed by atoms with van der Waals surface area (Å²) in [7, 11) is 0. The molecule has 0 heterocycles. The molecule has 0 aliphatic heterocycles. The van der Waals surface area contributed by atoms with Gasteiger partial charge in [0.1, 0.15) is 19.8 Å². The number of carbonyl (C=O) groups is 3. The number of ether oxygens (including phenoxy) is 2. The minimum atomic E-state index is -0.973. The van der Waals surface area contributed by atoms with E-state index in [2.05, 4.69) is 3.53 Å². The molecule has 0 saturated carbocycles. The van der Waals surface area contributed by atoms with Gasteiger partial charge >= 0.3 is 5.97 Å². The van der Waals surface area contributed by atoms with Crippen LogP contribution in [-0.4, -0.2) is 30.9 Å². The van der Waals surface area contributed by atoms with Gasteiger partial charge in [0.2, 0.25) is 0 Å². The van der Waals surface area contributed by atoms with Gasteiger partial charge in [0.05, 0.1) is 22.9 Å². The number of hydrogen-bond acceptors (Lipinski definition) is 5. The van der Waals surface area contributed by atoms with Gasteiger partial charge < -0.3 is 9.47 Å². The molecule has 0 bridgehead atoms. The molecule has 1 rings (SSSR count). The molecule has 0 radical (unpaired) electrons. The Hall–Kier alpha value is -1.48. The number of hydrogen-bond donors (Lipinski definition) is 1. The first-order valence-electron chi connectivity index (χ1n) is 5.34. The summed E-state index contributed by atoms with van der Waals surface area (Å²) in [5.74, 6) is -2.18. The molecule has 19 heavy (non-hydrogen) atoms. The van der Waals surface area contributed by atoms with Gasteiger partial charge in [0.15, 0.2) is 0 Å². The molecule has 0 aliphatic carbocycles. The van der Waals surface area contributed by atoms with Crippen LogP contribution in [0.2, 0.25) is 0 Å². The number of rotatable bonds is 7. The van der Waals surface area contributed by atoms with Crippen molar-refractivity contribution in [2.24, 2.45) is 0 Å². The molecule has 1 aromatic carbocycles. The average Bonchev–Trinajstić information content (AvgIpc) is 2.45. The van der Waals surface area contributed by atoms with Crippen molar-refractivity contribution in [1.82, 2.24) is 3.53 Å². The monoisotopic (exact) mass is 377 g/mol. The fourth-order valence-corrected chi connectivity index (χ4v) is 1.28. The first-order chi connectivity index (χ1) is 9.13. The molecule has 0 fully saturated rings. The highest BCUT2D eigenvalue weighted by Gasteiger charge is 2.16. The van der Waals surface area contributed by atoms with Crippen LogP contribution in [0.1, 0.15) is 5.56 Å². The van der Waals surface area contributed by atoms with E-state index in [4.69, 9.17) is 9.47 Å². The number of carbonyl (C=O) groups excluding carboxylic acids is 3. The lowest BCUT2D eigenvalue weighted by atomic mass is 10.2. The second kappa shape index (κ2) is 8.59. The van der Waals surface area contributed by atoms with Crippen LogP contribution in [0.25, 0.3) is 0 Å². The number of Topliss-reactive ketones (excluding diaryl/α,β-unsaturated/α-hetero) is 1. The lowest BCUT2D eigenvalue weighted by molar-refractivity contribution is -0.157.